The predicted molar refractivity (Wildman–Crippen MR) is 94.9 cm³/mol. The summed E-state index contributed by atoms with van der Waals surface area (Å²) in [4.78, 5) is 24.0. The highest BCUT2D eigenvalue weighted by molar-refractivity contribution is 7.89. The van der Waals surface area contributed by atoms with Crippen LogP contribution in [0.5, 0.6) is 0 Å². The Kier molecular flexibility index (Phi) is 5.95. The van der Waals surface area contributed by atoms with E-state index in [1.54, 1.807) is 0 Å². The van der Waals surface area contributed by atoms with Crippen LogP contribution in [0.1, 0.15) is 0 Å². The lowest BCUT2D eigenvalue weighted by atomic mass is 10.3. The minimum atomic E-state index is -3.71. The highest BCUT2D eigenvalue weighted by atomic mass is 32.2. The maximum absolute atomic E-state index is 12.7. The second-order valence-corrected chi connectivity index (χ2v) is 7.88. The molecule has 1 aliphatic rings. The summed E-state index contributed by atoms with van der Waals surface area (Å²) in [7, 11) is -2.19. The Morgan fingerprint density at radius 1 is 1.30 bits per heavy atom. The summed E-state index contributed by atoms with van der Waals surface area (Å²) < 4.78 is 43.1. The van der Waals surface area contributed by atoms with E-state index >= 15 is 0 Å². The molecule has 0 unspecified atom stereocenters. The van der Waals surface area contributed by atoms with Crippen molar-refractivity contribution in [3.05, 3.63) is 28.7 Å². The van der Waals surface area contributed by atoms with Crippen molar-refractivity contribution < 1.29 is 27.1 Å². The molecule has 1 fully saturated rings. The molecule has 0 aliphatic carbocycles. The number of oxazole rings is 1. The maximum Gasteiger partial charge on any atom is 0.420 e. The zero-order chi connectivity index (χ0) is 19.4. The number of sulfonamides is 1. The molecule has 2 heterocycles. The number of hydrogen-bond donors (Lipinski definition) is 1. The van der Waals surface area contributed by atoms with Crippen LogP contribution in [0.3, 0.4) is 0 Å². The first-order valence-electron chi connectivity index (χ1n) is 8.40. The van der Waals surface area contributed by atoms with Crippen molar-refractivity contribution in [2.45, 2.75) is 11.4 Å². The number of carbonyl (C=O) groups excluding carboxylic acids is 1. The molecule has 1 aliphatic heterocycles. The standard InChI is InChI=1S/C16H21N3O7S/c1-24-7-4-17-15(20)11-19-13-3-2-12(10-14(13)26-16(19)21)27(22,23)18-5-8-25-9-6-18/h2-3,10H,4-9,11H2,1H3,(H,17,20). The van der Waals surface area contributed by atoms with Crippen molar-refractivity contribution >= 4 is 27.0 Å². The molecule has 10 nitrogen and oxygen atoms in total. The minimum Gasteiger partial charge on any atom is -0.408 e. The largest absolute Gasteiger partial charge is 0.420 e. The summed E-state index contributed by atoms with van der Waals surface area (Å²) in [5, 5.41) is 2.61. The molecular formula is C16H21N3O7S. The van der Waals surface area contributed by atoms with Crippen LogP contribution in [0, 0.1) is 0 Å². The number of rotatable bonds is 7. The van der Waals surface area contributed by atoms with Crippen LogP contribution in [-0.2, 0) is 30.8 Å². The van der Waals surface area contributed by atoms with Crippen molar-refractivity contribution in [1.29, 1.82) is 0 Å². The smallest absolute Gasteiger partial charge is 0.408 e. The summed E-state index contributed by atoms with van der Waals surface area (Å²) in [6.07, 6.45) is 0. The number of aromatic nitrogens is 1. The zero-order valence-electron chi connectivity index (χ0n) is 14.8. The fraction of sp³-hybridized carbons (Fsp3) is 0.500. The SMILES string of the molecule is COCCNC(=O)Cn1c(=O)oc2cc(S(=O)(=O)N3CCOCC3)ccc21. The molecule has 0 saturated carbocycles. The molecule has 0 spiro atoms. The first kappa shape index (κ1) is 19.5. The summed E-state index contributed by atoms with van der Waals surface area (Å²) in [6, 6.07) is 4.18. The Morgan fingerprint density at radius 2 is 2.04 bits per heavy atom. The van der Waals surface area contributed by atoms with E-state index in [0.717, 1.165) is 4.57 Å². The van der Waals surface area contributed by atoms with Gasteiger partial charge in [0.15, 0.2) is 5.58 Å². The average molecular weight is 399 g/mol. The molecule has 1 aromatic heterocycles. The molecular weight excluding hydrogens is 378 g/mol. The van der Waals surface area contributed by atoms with E-state index in [-0.39, 0.29) is 36.0 Å². The third kappa shape index (κ3) is 4.21. The molecule has 27 heavy (non-hydrogen) atoms. The van der Waals surface area contributed by atoms with Crippen LogP contribution in [0.25, 0.3) is 11.1 Å². The van der Waals surface area contributed by atoms with E-state index in [2.05, 4.69) is 5.32 Å². The predicted octanol–water partition coefficient (Wildman–Crippen LogP) is -0.622. The van der Waals surface area contributed by atoms with E-state index in [1.807, 2.05) is 0 Å². The number of morpholine rings is 1. The lowest BCUT2D eigenvalue weighted by Gasteiger charge is -2.25. The Bertz CT molecular complexity index is 974. The molecule has 148 valence electrons. The molecule has 1 N–H and O–H groups in total. The van der Waals surface area contributed by atoms with Crippen LogP contribution in [-0.4, -0.2) is 69.8 Å². The Hall–Kier alpha value is -2.21. The van der Waals surface area contributed by atoms with Gasteiger partial charge in [0.05, 0.1) is 30.2 Å². The molecule has 11 heteroatoms. The molecule has 1 amide bonds. The van der Waals surface area contributed by atoms with Crippen LogP contribution in [0.2, 0.25) is 0 Å². The normalized spacial score (nSPS) is 15.9. The minimum absolute atomic E-state index is 0.0300. The van der Waals surface area contributed by atoms with Gasteiger partial charge >= 0.3 is 5.76 Å². The zero-order valence-corrected chi connectivity index (χ0v) is 15.7. The number of ether oxygens (including phenoxy) is 2. The van der Waals surface area contributed by atoms with Gasteiger partial charge in [-0.15, -0.1) is 0 Å². The van der Waals surface area contributed by atoms with Crippen molar-refractivity contribution in [2.75, 3.05) is 46.6 Å². The van der Waals surface area contributed by atoms with Crippen molar-refractivity contribution in [3.8, 4) is 0 Å². The van der Waals surface area contributed by atoms with Crippen molar-refractivity contribution in [2.24, 2.45) is 0 Å². The van der Waals surface area contributed by atoms with Gasteiger partial charge in [-0.3, -0.25) is 9.36 Å². The molecule has 0 bridgehead atoms. The number of methoxy groups -OCH3 is 1. The molecule has 1 aromatic carbocycles. The van der Waals surface area contributed by atoms with Gasteiger partial charge in [-0.25, -0.2) is 13.2 Å². The van der Waals surface area contributed by atoms with Crippen LogP contribution < -0.4 is 11.1 Å². The summed E-state index contributed by atoms with van der Waals surface area (Å²) >= 11 is 0. The lowest BCUT2D eigenvalue weighted by Crippen LogP contribution is -2.40. The molecule has 0 radical (unpaired) electrons. The topological polar surface area (TPSA) is 120 Å². The van der Waals surface area contributed by atoms with Gasteiger partial charge < -0.3 is 19.2 Å². The van der Waals surface area contributed by atoms with Crippen molar-refractivity contribution in [3.63, 3.8) is 0 Å². The third-order valence-electron chi connectivity index (χ3n) is 4.18. The van der Waals surface area contributed by atoms with Gasteiger partial charge in [-0.05, 0) is 12.1 Å². The monoisotopic (exact) mass is 399 g/mol. The Labute approximate surface area is 155 Å². The number of benzene rings is 1. The number of nitrogens with zero attached hydrogens (tertiary/aromatic N) is 2. The number of hydrogen-bond acceptors (Lipinski definition) is 7. The lowest BCUT2D eigenvalue weighted by molar-refractivity contribution is -0.121. The fourth-order valence-electron chi connectivity index (χ4n) is 2.78. The molecule has 2 aromatic rings. The first-order valence-corrected chi connectivity index (χ1v) is 9.84. The fourth-order valence-corrected chi connectivity index (χ4v) is 4.21. The van der Waals surface area contributed by atoms with Gasteiger partial charge in [-0.1, -0.05) is 0 Å². The van der Waals surface area contributed by atoms with E-state index < -0.39 is 15.8 Å². The number of carbonyl (C=O) groups is 1. The number of fused-ring (bicyclic) bond motifs is 1. The van der Waals surface area contributed by atoms with Gasteiger partial charge in [0.2, 0.25) is 15.9 Å². The van der Waals surface area contributed by atoms with E-state index in [4.69, 9.17) is 13.9 Å². The molecule has 0 atom stereocenters. The molecule has 3 rings (SSSR count). The average Bonchev–Trinajstić information content (AvgIpc) is 2.97. The quantitative estimate of drug-likeness (QED) is 0.616. The van der Waals surface area contributed by atoms with Crippen LogP contribution in [0.4, 0.5) is 0 Å². The van der Waals surface area contributed by atoms with Gasteiger partial charge in [-0.2, -0.15) is 4.31 Å². The highest BCUT2D eigenvalue weighted by Gasteiger charge is 2.27. The second-order valence-electron chi connectivity index (χ2n) is 5.94. The second kappa shape index (κ2) is 8.21. The van der Waals surface area contributed by atoms with Crippen LogP contribution >= 0.6 is 0 Å². The summed E-state index contributed by atoms with van der Waals surface area (Å²) in [5.41, 5.74) is 0.460. The van der Waals surface area contributed by atoms with E-state index in [0.29, 0.717) is 31.9 Å². The Balaban J connectivity index is 1.85. The summed E-state index contributed by atoms with van der Waals surface area (Å²) in [6.45, 7) is 1.67. The van der Waals surface area contributed by atoms with Crippen molar-refractivity contribution in [1.82, 2.24) is 14.2 Å². The first-order chi connectivity index (χ1) is 12.9. The van der Waals surface area contributed by atoms with Gasteiger partial charge in [0.25, 0.3) is 0 Å². The highest BCUT2D eigenvalue weighted by Crippen LogP contribution is 2.22. The summed E-state index contributed by atoms with van der Waals surface area (Å²) in [5.74, 6) is -1.10. The van der Waals surface area contributed by atoms with Gasteiger partial charge in [0.1, 0.15) is 6.54 Å². The molecule has 1 saturated heterocycles. The van der Waals surface area contributed by atoms with E-state index in [9.17, 15) is 18.0 Å². The van der Waals surface area contributed by atoms with Crippen LogP contribution in [0.15, 0.2) is 32.3 Å². The third-order valence-corrected chi connectivity index (χ3v) is 6.07. The Morgan fingerprint density at radius 3 is 2.74 bits per heavy atom. The number of nitrogens with one attached hydrogen (secondary N) is 1. The van der Waals surface area contributed by atoms with E-state index in [1.165, 1.54) is 29.6 Å². The number of amides is 1. The van der Waals surface area contributed by atoms with Gasteiger partial charge in [0, 0.05) is 32.8 Å². The maximum atomic E-state index is 12.7.